The van der Waals surface area contributed by atoms with Gasteiger partial charge in [0.15, 0.2) is 0 Å². The minimum absolute atomic E-state index is 1.11. The first kappa shape index (κ1) is 16.7. The molecule has 132 valence electrons. The maximum atomic E-state index is 6.65. The molecule has 25 heavy (non-hydrogen) atoms. The second-order valence-electron chi connectivity index (χ2n) is 7.70. The Balaban J connectivity index is 1.62. The number of hydrogen-bond donors (Lipinski definition) is 0. The van der Waals surface area contributed by atoms with Crippen LogP contribution in [0.15, 0.2) is 70.3 Å². The molecule has 0 saturated heterocycles. The fourth-order valence-electron chi connectivity index (χ4n) is 4.27. The van der Waals surface area contributed by atoms with Crippen LogP contribution in [0.2, 0.25) is 0 Å². The molecule has 4 aliphatic carbocycles. The van der Waals surface area contributed by atoms with Crippen LogP contribution in [-0.2, 0) is 4.74 Å². The van der Waals surface area contributed by atoms with Gasteiger partial charge < -0.3 is 4.74 Å². The van der Waals surface area contributed by atoms with Gasteiger partial charge in [0.25, 0.3) is 0 Å². The quantitative estimate of drug-likeness (QED) is 0.466. The molecule has 0 aromatic carbocycles. The zero-order valence-electron chi connectivity index (χ0n) is 15.4. The molecule has 1 heteroatoms. The Kier molecular flexibility index (Phi) is 5.40. The van der Waals surface area contributed by atoms with Gasteiger partial charge in [-0.15, -0.1) is 0 Å². The van der Waals surface area contributed by atoms with E-state index in [1.165, 1.54) is 86.5 Å². The molecule has 0 atom stereocenters. The van der Waals surface area contributed by atoms with E-state index < -0.39 is 0 Å². The number of rotatable bonds is 6. The van der Waals surface area contributed by atoms with Crippen molar-refractivity contribution in [3.63, 3.8) is 0 Å². The lowest BCUT2D eigenvalue weighted by molar-refractivity contribution is 0.319. The monoisotopic (exact) mass is 334 g/mol. The molecule has 0 fully saturated rings. The molecule has 1 nitrogen and oxygen atoms in total. The summed E-state index contributed by atoms with van der Waals surface area (Å²) in [4.78, 5) is 0. The topological polar surface area (TPSA) is 9.23 Å². The van der Waals surface area contributed by atoms with Gasteiger partial charge in [0.05, 0.1) is 0 Å². The van der Waals surface area contributed by atoms with Crippen LogP contribution in [0.4, 0.5) is 0 Å². The third-order valence-electron chi connectivity index (χ3n) is 5.72. The summed E-state index contributed by atoms with van der Waals surface area (Å²) in [5.74, 6) is 2.23. The number of ether oxygens (including phenoxy) is 1. The molecule has 0 heterocycles. The van der Waals surface area contributed by atoms with Gasteiger partial charge in [0.1, 0.15) is 11.5 Å². The fraction of sp³-hybridized carbons (Fsp3) is 0.500. The van der Waals surface area contributed by atoms with E-state index in [0.717, 1.165) is 24.4 Å². The van der Waals surface area contributed by atoms with Crippen LogP contribution in [-0.4, -0.2) is 0 Å². The van der Waals surface area contributed by atoms with Crippen molar-refractivity contribution in [3.8, 4) is 0 Å². The van der Waals surface area contributed by atoms with Gasteiger partial charge in [-0.25, -0.2) is 0 Å². The van der Waals surface area contributed by atoms with Crippen molar-refractivity contribution in [2.75, 3.05) is 0 Å². The van der Waals surface area contributed by atoms with Crippen LogP contribution in [0.5, 0.6) is 0 Å². The van der Waals surface area contributed by atoms with E-state index in [2.05, 4.69) is 36.5 Å². The Morgan fingerprint density at radius 3 is 1.40 bits per heavy atom. The first-order valence-corrected chi connectivity index (χ1v) is 10.3. The fourth-order valence-corrected chi connectivity index (χ4v) is 4.27. The van der Waals surface area contributed by atoms with Crippen LogP contribution < -0.4 is 0 Å². The average molecular weight is 335 g/mol. The molecular formula is C24H30O. The summed E-state index contributed by atoms with van der Waals surface area (Å²) < 4.78 is 6.65. The van der Waals surface area contributed by atoms with Crippen molar-refractivity contribution in [1.82, 2.24) is 0 Å². The van der Waals surface area contributed by atoms with Gasteiger partial charge in [-0.05, 0) is 111 Å². The average Bonchev–Trinajstić information content (AvgIpc) is 3.43. The molecule has 0 radical (unpaired) electrons. The molecule has 0 amide bonds. The lowest BCUT2D eigenvalue weighted by Crippen LogP contribution is -2.00. The minimum Gasteiger partial charge on any atom is -0.457 e. The zero-order valence-corrected chi connectivity index (χ0v) is 15.4. The summed E-state index contributed by atoms with van der Waals surface area (Å²) in [6.45, 7) is 0. The van der Waals surface area contributed by atoms with Gasteiger partial charge in [-0.1, -0.05) is 24.3 Å². The third-order valence-corrected chi connectivity index (χ3v) is 5.72. The summed E-state index contributed by atoms with van der Waals surface area (Å²) in [5.41, 5.74) is 5.75. The van der Waals surface area contributed by atoms with Gasteiger partial charge in [-0.3, -0.25) is 0 Å². The lowest BCUT2D eigenvalue weighted by Gasteiger charge is -2.16. The highest BCUT2D eigenvalue weighted by atomic mass is 16.5. The van der Waals surface area contributed by atoms with Crippen molar-refractivity contribution in [3.05, 3.63) is 70.3 Å². The Labute approximate surface area is 152 Å². The molecule has 0 unspecified atom stereocenters. The van der Waals surface area contributed by atoms with E-state index in [-0.39, 0.29) is 0 Å². The largest absolute Gasteiger partial charge is 0.457 e. The summed E-state index contributed by atoms with van der Waals surface area (Å²) in [5, 5.41) is 0. The van der Waals surface area contributed by atoms with Gasteiger partial charge in [0.2, 0.25) is 0 Å². The second-order valence-corrected chi connectivity index (χ2v) is 7.70. The highest BCUT2D eigenvalue weighted by molar-refractivity contribution is 5.41. The van der Waals surface area contributed by atoms with Crippen LogP contribution in [0.3, 0.4) is 0 Å². The van der Waals surface area contributed by atoms with Crippen LogP contribution in [0, 0.1) is 0 Å². The Morgan fingerprint density at radius 1 is 0.600 bits per heavy atom. The molecule has 0 aromatic rings. The van der Waals surface area contributed by atoms with E-state index in [4.69, 9.17) is 4.74 Å². The number of hydrogen-bond acceptors (Lipinski definition) is 1. The molecule has 0 bridgehead atoms. The Bertz CT molecular complexity index is 634. The minimum atomic E-state index is 1.11. The predicted molar refractivity (Wildman–Crippen MR) is 105 cm³/mol. The second kappa shape index (κ2) is 8.08. The van der Waals surface area contributed by atoms with Gasteiger partial charge in [0, 0.05) is 0 Å². The van der Waals surface area contributed by atoms with Crippen molar-refractivity contribution in [2.45, 2.75) is 77.0 Å². The number of allylic oxidation sites excluding steroid dienone is 10. The van der Waals surface area contributed by atoms with Gasteiger partial charge >= 0.3 is 0 Å². The normalized spacial score (nSPS) is 24.3. The summed E-state index contributed by atoms with van der Waals surface area (Å²) in [6, 6.07) is 0. The van der Waals surface area contributed by atoms with Crippen LogP contribution in [0.1, 0.15) is 77.0 Å². The molecular weight excluding hydrogens is 304 g/mol. The predicted octanol–water partition coefficient (Wildman–Crippen LogP) is 7.21. The lowest BCUT2D eigenvalue weighted by atomic mass is 10.1. The maximum absolute atomic E-state index is 6.65. The molecule has 4 aliphatic rings. The van der Waals surface area contributed by atoms with Gasteiger partial charge in [-0.2, -0.15) is 0 Å². The van der Waals surface area contributed by atoms with E-state index in [9.17, 15) is 0 Å². The Morgan fingerprint density at radius 2 is 1.04 bits per heavy atom. The van der Waals surface area contributed by atoms with Crippen molar-refractivity contribution in [1.29, 1.82) is 0 Å². The zero-order chi connectivity index (χ0) is 16.9. The first-order valence-electron chi connectivity index (χ1n) is 10.3. The van der Waals surface area contributed by atoms with Crippen LogP contribution >= 0.6 is 0 Å². The molecule has 0 N–H and O–H groups in total. The molecule has 0 aliphatic heterocycles. The highest BCUT2D eigenvalue weighted by Gasteiger charge is 2.19. The first-order chi connectivity index (χ1) is 12.4. The standard InChI is InChI=1S/C24H30O/c1-2-10-19(9-1)17-23(21-13-5-6-14-21)25-24(22-15-7-8-16-22)18-20-11-3-4-12-20/h9,11,13,15,17-18H,1-8,10,12,14,16H2. The third kappa shape index (κ3) is 4.26. The van der Waals surface area contributed by atoms with E-state index in [1.54, 1.807) is 0 Å². The summed E-state index contributed by atoms with van der Waals surface area (Å²) >= 11 is 0. The van der Waals surface area contributed by atoms with Crippen molar-refractivity contribution < 1.29 is 4.74 Å². The Hall–Kier alpha value is -1.76. The summed E-state index contributed by atoms with van der Waals surface area (Å²) in [7, 11) is 0. The molecule has 0 spiro atoms. The van der Waals surface area contributed by atoms with Crippen molar-refractivity contribution >= 4 is 0 Å². The van der Waals surface area contributed by atoms with E-state index >= 15 is 0 Å². The maximum Gasteiger partial charge on any atom is 0.130 e. The van der Waals surface area contributed by atoms with E-state index in [1.807, 2.05) is 0 Å². The molecule has 0 saturated carbocycles. The molecule has 0 aromatic heterocycles. The van der Waals surface area contributed by atoms with E-state index in [0.29, 0.717) is 0 Å². The SMILES string of the molecule is C1=C(C=C(OC(=CC2=CCCC2)C2=CCCC2)C2=CCCC2)CCC1. The van der Waals surface area contributed by atoms with Crippen molar-refractivity contribution in [2.24, 2.45) is 0 Å². The molecule has 4 rings (SSSR count). The smallest absolute Gasteiger partial charge is 0.130 e. The highest BCUT2D eigenvalue weighted by Crippen LogP contribution is 2.35. The summed E-state index contributed by atoms with van der Waals surface area (Å²) in [6.07, 6.45) is 28.9. The van der Waals surface area contributed by atoms with Crippen LogP contribution in [0.25, 0.3) is 0 Å².